The van der Waals surface area contributed by atoms with Crippen LogP contribution in [0.2, 0.25) is 0 Å². The van der Waals surface area contributed by atoms with Gasteiger partial charge in [0.05, 0.1) is 6.10 Å². The van der Waals surface area contributed by atoms with Crippen molar-refractivity contribution in [1.29, 1.82) is 0 Å². The van der Waals surface area contributed by atoms with E-state index in [0.29, 0.717) is 17.3 Å². The molecule has 4 fully saturated rings. The normalized spacial score (nSPS) is 46.8. The molecule has 0 spiro atoms. The average Bonchev–Trinajstić information content (AvgIpc) is 3.07. The summed E-state index contributed by atoms with van der Waals surface area (Å²) >= 11 is 0. The molecule has 0 aromatic heterocycles. The quantitative estimate of drug-likeness (QED) is 0.446. The van der Waals surface area contributed by atoms with Gasteiger partial charge in [0.25, 0.3) is 0 Å². The van der Waals surface area contributed by atoms with Gasteiger partial charge in [-0.15, -0.1) is 0 Å². The average molecular weight is 447 g/mol. The van der Waals surface area contributed by atoms with Crippen molar-refractivity contribution in [2.45, 2.75) is 124 Å². The second-order valence-corrected chi connectivity index (χ2v) is 13.2. The molecule has 0 amide bonds. The Labute approximate surface area is 197 Å². The Balaban J connectivity index is 1.50. The number of hydrogen-bond acceptors (Lipinski definition) is 3. The van der Waals surface area contributed by atoms with E-state index in [4.69, 9.17) is 4.74 Å². The Kier molecular flexibility index (Phi) is 7.08. The Hall–Kier alpha value is -0.570. The second kappa shape index (κ2) is 9.23. The second-order valence-electron chi connectivity index (χ2n) is 13.2. The van der Waals surface area contributed by atoms with Gasteiger partial charge < -0.3 is 9.84 Å². The Bertz CT molecular complexity index is 673. The monoisotopic (exact) mass is 446 g/mol. The minimum atomic E-state index is -0.505. The zero-order valence-electron chi connectivity index (χ0n) is 21.7. The van der Waals surface area contributed by atoms with E-state index in [9.17, 15) is 9.90 Å². The van der Waals surface area contributed by atoms with E-state index in [1.54, 1.807) is 0 Å². The fraction of sp³-hybridized carbons (Fsp3) is 0.966. The van der Waals surface area contributed by atoms with E-state index in [1.807, 2.05) is 0 Å². The molecule has 0 saturated heterocycles. The van der Waals surface area contributed by atoms with E-state index >= 15 is 0 Å². The Morgan fingerprint density at radius 2 is 1.69 bits per heavy atom. The number of hydrogen-bond donors (Lipinski definition) is 1. The predicted molar refractivity (Wildman–Crippen MR) is 130 cm³/mol. The first-order chi connectivity index (χ1) is 15.1. The van der Waals surface area contributed by atoms with Gasteiger partial charge in [-0.2, -0.15) is 0 Å². The van der Waals surface area contributed by atoms with Gasteiger partial charge in [-0.1, -0.05) is 53.9 Å². The highest BCUT2D eigenvalue weighted by molar-refractivity contribution is 5.66. The predicted octanol–water partition coefficient (Wildman–Crippen LogP) is 7.01. The lowest BCUT2D eigenvalue weighted by Gasteiger charge is -2.62. The van der Waals surface area contributed by atoms with E-state index in [1.165, 1.54) is 64.7 Å². The molecule has 0 aliphatic heterocycles. The number of aliphatic hydroxyl groups is 1. The molecule has 4 saturated carbocycles. The molecular formula is C29H50O3. The third-order valence-electron chi connectivity index (χ3n) is 11.3. The molecule has 0 radical (unpaired) electrons. The first-order valence-corrected chi connectivity index (χ1v) is 13.9. The number of carbonyl (C=O) groups is 1. The van der Waals surface area contributed by atoms with E-state index in [2.05, 4.69) is 34.6 Å². The summed E-state index contributed by atoms with van der Waals surface area (Å²) in [5, 5.41) is 11.5. The van der Waals surface area contributed by atoms with Crippen molar-refractivity contribution in [2.24, 2.45) is 52.3 Å². The number of aliphatic hydroxyl groups excluding tert-OH is 1. The zero-order valence-corrected chi connectivity index (χ0v) is 21.7. The van der Waals surface area contributed by atoms with Gasteiger partial charge in [-0.25, -0.2) is 0 Å². The summed E-state index contributed by atoms with van der Waals surface area (Å²) < 4.78 is 5.62. The van der Waals surface area contributed by atoms with Crippen molar-refractivity contribution in [2.75, 3.05) is 0 Å². The molecule has 3 heteroatoms. The highest BCUT2D eigenvalue weighted by Crippen LogP contribution is 2.68. The van der Waals surface area contributed by atoms with Crippen LogP contribution in [0.4, 0.5) is 0 Å². The molecule has 1 N–H and O–H groups in total. The summed E-state index contributed by atoms with van der Waals surface area (Å²) in [5.41, 5.74) is 0.389. The number of rotatable bonds is 6. The minimum Gasteiger partial charge on any atom is -0.460 e. The first kappa shape index (κ1) is 24.6. The fourth-order valence-electron chi connectivity index (χ4n) is 9.67. The fourth-order valence-corrected chi connectivity index (χ4v) is 9.67. The third kappa shape index (κ3) is 4.07. The smallest absolute Gasteiger partial charge is 0.302 e. The summed E-state index contributed by atoms with van der Waals surface area (Å²) in [6.07, 6.45) is 13.2. The maximum Gasteiger partial charge on any atom is 0.302 e. The minimum absolute atomic E-state index is 0.0937. The van der Waals surface area contributed by atoms with Crippen LogP contribution in [0.1, 0.15) is 112 Å². The van der Waals surface area contributed by atoms with Crippen molar-refractivity contribution in [3.8, 4) is 0 Å². The van der Waals surface area contributed by atoms with Crippen LogP contribution in [0, 0.1) is 52.3 Å². The zero-order chi connectivity index (χ0) is 23.3. The molecule has 184 valence electrons. The van der Waals surface area contributed by atoms with Crippen LogP contribution in [0.3, 0.4) is 0 Å². The highest BCUT2D eigenvalue weighted by atomic mass is 16.6. The van der Waals surface area contributed by atoms with Crippen LogP contribution in [0.25, 0.3) is 0 Å². The van der Waals surface area contributed by atoms with E-state index in [-0.39, 0.29) is 17.5 Å². The molecular weight excluding hydrogens is 396 g/mol. The van der Waals surface area contributed by atoms with Gasteiger partial charge in [0.1, 0.15) is 6.10 Å². The van der Waals surface area contributed by atoms with Crippen molar-refractivity contribution in [3.05, 3.63) is 0 Å². The maximum atomic E-state index is 11.7. The summed E-state index contributed by atoms with van der Waals surface area (Å²) in [6, 6.07) is 0. The molecule has 0 bridgehead atoms. The lowest BCUT2D eigenvalue weighted by molar-refractivity contribution is -0.207. The van der Waals surface area contributed by atoms with Crippen LogP contribution < -0.4 is 0 Å². The number of carbonyl (C=O) groups excluding carboxylic acids is 1. The molecule has 0 heterocycles. The van der Waals surface area contributed by atoms with Crippen molar-refractivity contribution < 1.29 is 14.6 Å². The third-order valence-corrected chi connectivity index (χ3v) is 11.3. The van der Waals surface area contributed by atoms with Crippen molar-refractivity contribution >= 4 is 5.97 Å². The van der Waals surface area contributed by atoms with Gasteiger partial charge >= 0.3 is 5.97 Å². The van der Waals surface area contributed by atoms with E-state index < -0.39 is 6.10 Å². The number of ether oxygens (including phenoxy) is 1. The largest absolute Gasteiger partial charge is 0.460 e. The van der Waals surface area contributed by atoms with Crippen molar-refractivity contribution in [3.63, 3.8) is 0 Å². The molecule has 10 atom stereocenters. The lowest BCUT2D eigenvalue weighted by atomic mass is 9.43. The standard InChI is InChI=1S/C29H50O3/c1-18(2)8-7-9-19(3)23-13-14-24-22-12-10-21-11-15-26(32-20(4)30)27(31)29(21,6)25(22)16-17-28(23,24)5/h18-19,21-27,31H,7-17H2,1-6H3/t19-,21+,22-,23-,24+,25+,26-,27+,28+,29+/m1/s1. The molecule has 0 unspecified atom stereocenters. The SMILES string of the molecule is CC(=O)O[C@@H]1CC[C@@H]2CC[C@@H]3[C@@H]4CC[C@H]([C@H](C)CCCC(C)C)[C@]4(C)CC[C@@H]3[C@@]2(C)[C@H]1O. The van der Waals surface area contributed by atoms with Gasteiger partial charge in [-0.3, -0.25) is 4.79 Å². The first-order valence-electron chi connectivity index (χ1n) is 13.9. The molecule has 4 rings (SSSR count). The molecule has 32 heavy (non-hydrogen) atoms. The molecule has 4 aliphatic carbocycles. The number of fused-ring (bicyclic) bond motifs is 5. The van der Waals surface area contributed by atoms with Gasteiger partial charge in [0, 0.05) is 12.3 Å². The van der Waals surface area contributed by atoms with E-state index in [0.717, 1.165) is 42.4 Å². The summed E-state index contributed by atoms with van der Waals surface area (Å²) in [5.74, 6) is 5.01. The van der Waals surface area contributed by atoms with Gasteiger partial charge in [0.2, 0.25) is 0 Å². The van der Waals surface area contributed by atoms with Gasteiger partial charge in [-0.05, 0) is 98.2 Å². The molecule has 3 nitrogen and oxygen atoms in total. The van der Waals surface area contributed by atoms with Crippen LogP contribution in [-0.4, -0.2) is 23.3 Å². The highest BCUT2D eigenvalue weighted by Gasteiger charge is 2.63. The summed E-state index contributed by atoms with van der Waals surface area (Å²) in [4.78, 5) is 11.7. The van der Waals surface area contributed by atoms with Crippen LogP contribution in [-0.2, 0) is 9.53 Å². The van der Waals surface area contributed by atoms with Crippen LogP contribution in [0.15, 0.2) is 0 Å². The topological polar surface area (TPSA) is 46.5 Å². The van der Waals surface area contributed by atoms with Crippen molar-refractivity contribution in [1.82, 2.24) is 0 Å². The molecule has 0 aromatic rings. The Morgan fingerprint density at radius 1 is 0.969 bits per heavy atom. The number of esters is 1. The van der Waals surface area contributed by atoms with Gasteiger partial charge in [0.15, 0.2) is 0 Å². The van der Waals surface area contributed by atoms with Crippen LogP contribution >= 0.6 is 0 Å². The molecule has 0 aromatic carbocycles. The Morgan fingerprint density at radius 3 is 2.38 bits per heavy atom. The lowest BCUT2D eigenvalue weighted by Crippen LogP contribution is -2.61. The summed E-state index contributed by atoms with van der Waals surface area (Å²) in [7, 11) is 0. The maximum absolute atomic E-state index is 11.7. The summed E-state index contributed by atoms with van der Waals surface area (Å²) in [6.45, 7) is 13.7. The molecule has 4 aliphatic rings. The van der Waals surface area contributed by atoms with Crippen LogP contribution in [0.5, 0.6) is 0 Å².